The van der Waals surface area contributed by atoms with Gasteiger partial charge in [0.25, 0.3) is 0 Å². The number of hydrogen-bond donors (Lipinski definition) is 1. The number of carbonyl (C=O) groups is 2. The summed E-state index contributed by atoms with van der Waals surface area (Å²) in [4.78, 5) is 25.0. The van der Waals surface area contributed by atoms with Crippen molar-refractivity contribution in [2.75, 3.05) is 26.2 Å². The number of aromatic carboxylic acids is 1. The fraction of sp³-hybridized carbons (Fsp3) is 0.263. The minimum absolute atomic E-state index is 0.0240. The molecule has 27 heavy (non-hydrogen) atoms. The fourth-order valence-corrected chi connectivity index (χ4v) is 4.40. The molecule has 7 nitrogen and oxygen atoms in total. The van der Waals surface area contributed by atoms with Crippen molar-refractivity contribution in [1.82, 2.24) is 9.21 Å². The highest BCUT2D eigenvalue weighted by Crippen LogP contribution is 2.19. The van der Waals surface area contributed by atoms with Gasteiger partial charge in [-0.15, -0.1) is 0 Å². The monoisotopic (exact) mass is 388 g/mol. The van der Waals surface area contributed by atoms with Gasteiger partial charge in [0.1, 0.15) is 0 Å². The van der Waals surface area contributed by atoms with Crippen molar-refractivity contribution in [2.24, 2.45) is 0 Å². The quantitative estimate of drug-likeness (QED) is 0.837. The topological polar surface area (TPSA) is 95.0 Å². The third-order valence-electron chi connectivity index (χ3n) is 4.53. The Hall–Kier alpha value is -2.71. The number of sulfonamides is 1. The van der Waals surface area contributed by atoms with Crippen LogP contribution in [-0.2, 0) is 21.2 Å². The number of piperazine rings is 1. The number of benzene rings is 2. The van der Waals surface area contributed by atoms with E-state index in [9.17, 15) is 18.0 Å². The number of carbonyl (C=O) groups excluding carboxylic acids is 1. The third kappa shape index (κ3) is 4.35. The van der Waals surface area contributed by atoms with E-state index < -0.39 is 16.0 Å². The van der Waals surface area contributed by atoms with Gasteiger partial charge in [-0.3, -0.25) is 4.79 Å². The van der Waals surface area contributed by atoms with Gasteiger partial charge in [0.15, 0.2) is 0 Å². The lowest BCUT2D eigenvalue weighted by molar-refractivity contribution is -0.131. The Bertz CT molecular complexity index is 918. The van der Waals surface area contributed by atoms with Gasteiger partial charge in [-0.25, -0.2) is 13.2 Å². The van der Waals surface area contributed by atoms with Crippen LogP contribution in [0.25, 0.3) is 0 Å². The maximum Gasteiger partial charge on any atom is 0.335 e. The minimum atomic E-state index is -3.71. The summed E-state index contributed by atoms with van der Waals surface area (Å²) in [7, 11) is -3.71. The highest BCUT2D eigenvalue weighted by atomic mass is 32.2. The van der Waals surface area contributed by atoms with Crippen LogP contribution in [0.1, 0.15) is 15.9 Å². The summed E-state index contributed by atoms with van der Waals surface area (Å²) >= 11 is 0. The van der Waals surface area contributed by atoms with Crippen LogP contribution in [0.3, 0.4) is 0 Å². The van der Waals surface area contributed by atoms with Crippen LogP contribution in [0, 0.1) is 0 Å². The molecule has 1 N–H and O–H groups in total. The van der Waals surface area contributed by atoms with Crippen molar-refractivity contribution in [1.29, 1.82) is 0 Å². The SMILES string of the molecule is O=C(O)c1ccc(S(=O)(=O)N2CCN(C(=O)Cc3ccccc3)CC2)cc1. The molecule has 0 unspecified atom stereocenters. The zero-order valence-corrected chi connectivity index (χ0v) is 15.4. The summed E-state index contributed by atoms with van der Waals surface area (Å²) in [5, 5.41) is 8.92. The fourth-order valence-electron chi connectivity index (χ4n) is 2.98. The van der Waals surface area contributed by atoms with E-state index in [1.54, 1.807) is 4.90 Å². The number of carboxylic acids is 1. The smallest absolute Gasteiger partial charge is 0.335 e. The molecule has 3 rings (SSSR count). The molecule has 2 aromatic rings. The second-order valence-electron chi connectivity index (χ2n) is 6.28. The van der Waals surface area contributed by atoms with E-state index in [1.165, 1.54) is 28.6 Å². The van der Waals surface area contributed by atoms with E-state index in [0.29, 0.717) is 19.5 Å². The highest BCUT2D eigenvalue weighted by Gasteiger charge is 2.30. The molecule has 1 fully saturated rings. The van der Waals surface area contributed by atoms with Crippen molar-refractivity contribution in [2.45, 2.75) is 11.3 Å². The first-order valence-corrected chi connectivity index (χ1v) is 9.97. The summed E-state index contributed by atoms with van der Waals surface area (Å²) < 4.78 is 26.8. The zero-order valence-electron chi connectivity index (χ0n) is 14.6. The van der Waals surface area contributed by atoms with Crippen molar-refractivity contribution in [3.05, 3.63) is 65.7 Å². The Labute approximate surface area is 157 Å². The van der Waals surface area contributed by atoms with Gasteiger partial charge in [0.2, 0.25) is 15.9 Å². The standard InChI is InChI=1S/C19H20N2O5S/c22-18(14-15-4-2-1-3-5-15)20-10-12-21(13-11-20)27(25,26)17-8-6-16(7-9-17)19(23)24/h1-9H,10-14H2,(H,23,24). The molecule has 1 saturated heterocycles. The minimum Gasteiger partial charge on any atom is -0.478 e. The molecule has 8 heteroatoms. The Balaban J connectivity index is 1.62. The molecule has 0 atom stereocenters. The maximum absolute atomic E-state index is 12.7. The predicted molar refractivity (Wildman–Crippen MR) is 98.9 cm³/mol. The molecule has 0 bridgehead atoms. The third-order valence-corrected chi connectivity index (χ3v) is 6.44. The van der Waals surface area contributed by atoms with Gasteiger partial charge in [-0.2, -0.15) is 4.31 Å². The molecule has 1 amide bonds. The second-order valence-corrected chi connectivity index (χ2v) is 8.21. The van der Waals surface area contributed by atoms with Crippen LogP contribution in [-0.4, -0.2) is 60.8 Å². The van der Waals surface area contributed by atoms with E-state index in [4.69, 9.17) is 5.11 Å². The molecular weight excluding hydrogens is 368 g/mol. The Morgan fingerprint density at radius 1 is 0.889 bits per heavy atom. The van der Waals surface area contributed by atoms with Crippen molar-refractivity contribution >= 4 is 21.9 Å². The van der Waals surface area contributed by atoms with E-state index in [-0.39, 0.29) is 29.5 Å². The van der Waals surface area contributed by atoms with Gasteiger partial charge < -0.3 is 10.0 Å². The van der Waals surface area contributed by atoms with E-state index in [2.05, 4.69) is 0 Å². The van der Waals surface area contributed by atoms with E-state index in [0.717, 1.165) is 5.56 Å². The summed E-state index contributed by atoms with van der Waals surface area (Å²) in [6, 6.07) is 14.6. The molecule has 0 saturated carbocycles. The number of hydrogen-bond acceptors (Lipinski definition) is 4. The number of amides is 1. The number of carboxylic acid groups (broad SMARTS) is 1. The van der Waals surface area contributed by atoms with Crippen LogP contribution in [0.15, 0.2) is 59.5 Å². The molecule has 0 radical (unpaired) electrons. The van der Waals surface area contributed by atoms with Gasteiger partial charge >= 0.3 is 5.97 Å². The molecule has 1 aliphatic rings. The highest BCUT2D eigenvalue weighted by molar-refractivity contribution is 7.89. The van der Waals surface area contributed by atoms with Crippen molar-refractivity contribution in [3.8, 4) is 0 Å². The average Bonchev–Trinajstić information content (AvgIpc) is 2.69. The molecule has 0 spiro atoms. The van der Waals surface area contributed by atoms with Crippen molar-refractivity contribution in [3.63, 3.8) is 0 Å². The van der Waals surface area contributed by atoms with Gasteiger partial charge in [-0.05, 0) is 29.8 Å². The van der Waals surface area contributed by atoms with Crippen LogP contribution >= 0.6 is 0 Å². The molecule has 2 aromatic carbocycles. The second kappa shape index (κ2) is 7.89. The summed E-state index contributed by atoms with van der Waals surface area (Å²) in [5.74, 6) is -1.13. The summed E-state index contributed by atoms with van der Waals surface area (Å²) in [5.41, 5.74) is 0.960. The normalized spacial score (nSPS) is 15.5. The zero-order chi connectivity index (χ0) is 19.4. The van der Waals surface area contributed by atoms with E-state index in [1.807, 2.05) is 30.3 Å². The van der Waals surface area contributed by atoms with Crippen LogP contribution in [0.2, 0.25) is 0 Å². The van der Waals surface area contributed by atoms with Crippen LogP contribution in [0.5, 0.6) is 0 Å². The lowest BCUT2D eigenvalue weighted by atomic mass is 10.1. The first-order chi connectivity index (χ1) is 12.9. The largest absolute Gasteiger partial charge is 0.478 e. The van der Waals surface area contributed by atoms with Gasteiger partial charge in [-0.1, -0.05) is 30.3 Å². The van der Waals surface area contributed by atoms with Gasteiger partial charge in [0, 0.05) is 26.2 Å². The molecular formula is C19H20N2O5S. The number of rotatable bonds is 5. The molecule has 0 aromatic heterocycles. The van der Waals surface area contributed by atoms with Crippen LogP contribution < -0.4 is 0 Å². The van der Waals surface area contributed by atoms with Crippen LogP contribution in [0.4, 0.5) is 0 Å². The molecule has 1 heterocycles. The maximum atomic E-state index is 12.7. The molecule has 1 aliphatic heterocycles. The van der Waals surface area contributed by atoms with Crippen molar-refractivity contribution < 1.29 is 23.1 Å². The lowest BCUT2D eigenvalue weighted by Gasteiger charge is -2.34. The number of nitrogens with zero attached hydrogens (tertiary/aromatic N) is 2. The van der Waals surface area contributed by atoms with E-state index >= 15 is 0 Å². The Kier molecular flexibility index (Phi) is 5.57. The molecule has 0 aliphatic carbocycles. The predicted octanol–water partition coefficient (Wildman–Crippen LogP) is 1.46. The first kappa shape index (κ1) is 19.1. The Morgan fingerprint density at radius 2 is 1.48 bits per heavy atom. The Morgan fingerprint density at radius 3 is 2.04 bits per heavy atom. The first-order valence-electron chi connectivity index (χ1n) is 8.53. The lowest BCUT2D eigenvalue weighted by Crippen LogP contribution is -2.50. The average molecular weight is 388 g/mol. The summed E-state index contributed by atoms with van der Waals surface area (Å²) in [6.07, 6.45) is 0.296. The van der Waals surface area contributed by atoms with Gasteiger partial charge in [0.05, 0.1) is 16.9 Å². The molecule has 142 valence electrons. The summed E-state index contributed by atoms with van der Waals surface area (Å²) in [6.45, 7) is 1.09.